The Morgan fingerprint density at radius 1 is 1.20 bits per heavy atom. The monoisotopic (exact) mass is 336 g/mol. The summed E-state index contributed by atoms with van der Waals surface area (Å²) in [5, 5.41) is 2.99. The van der Waals surface area contributed by atoms with Crippen LogP contribution in [0, 0.1) is 19.8 Å². The molecule has 0 saturated carbocycles. The van der Waals surface area contributed by atoms with Gasteiger partial charge in [0, 0.05) is 24.3 Å². The molecule has 1 aliphatic rings. The molecule has 0 unspecified atom stereocenters. The van der Waals surface area contributed by atoms with Crippen LogP contribution < -0.4 is 10.2 Å². The van der Waals surface area contributed by atoms with E-state index in [-0.39, 0.29) is 24.2 Å². The van der Waals surface area contributed by atoms with Gasteiger partial charge in [0.15, 0.2) is 0 Å². The molecule has 1 heterocycles. The van der Waals surface area contributed by atoms with Crippen molar-refractivity contribution in [2.45, 2.75) is 33.6 Å². The highest BCUT2D eigenvalue weighted by Gasteiger charge is 2.35. The van der Waals surface area contributed by atoms with Gasteiger partial charge in [-0.15, -0.1) is 0 Å². The van der Waals surface area contributed by atoms with Crippen LogP contribution in [-0.4, -0.2) is 18.4 Å². The van der Waals surface area contributed by atoms with Gasteiger partial charge < -0.3 is 10.2 Å². The Kier molecular flexibility index (Phi) is 4.88. The zero-order chi connectivity index (χ0) is 18.0. The summed E-state index contributed by atoms with van der Waals surface area (Å²) < 4.78 is 0. The average molecular weight is 336 g/mol. The second kappa shape index (κ2) is 7.09. The van der Waals surface area contributed by atoms with E-state index in [1.165, 1.54) is 5.56 Å². The van der Waals surface area contributed by atoms with Gasteiger partial charge in [-0.1, -0.05) is 31.2 Å². The van der Waals surface area contributed by atoms with E-state index in [1.54, 1.807) is 4.90 Å². The van der Waals surface area contributed by atoms with Crippen molar-refractivity contribution in [2.24, 2.45) is 5.92 Å². The zero-order valence-electron chi connectivity index (χ0n) is 15.0. The third kappa shape index (κ3) is 3.73. The summed E-state index contributed by atoms with van der Waals surface area (Å²) in [5.74, 6) is -0.400. The van der Waals surface area contributed by atoms with Crippen LogP contribution in [0.25, 0.3) is 0 Å². The van der Waals surface area contributed by atoms with Gasteiger partial charge in [0.1, 0.15) is 0 Å². The topological polar surface area (TPSA) is 49.4 Å². The highest BCUT2D eigenvalue weighted by Crippen LogP contribution is 2.27. The Hall–Kier alpha value is -2.62. The summed E-state index contributed by atoms with van der Waals surface area (Å²) in [6.07, 6.45) is 1.18. The summed E-state index contributed by atoms with van der Waals surface area (Å²) in [6, 6.07) is 14.0. The van der Waals surface area contributed by atoms with Crippen LogP contribution in [0.5, 0.6) is 0 Å². The van der Waals surface area contributed by atoms with E-state index >= 15 is 0 Å². The molecule has 4 heteroatoms. The van der Waals surface area contributed by atoms with E-state index in [0.29, 0.717) is 6.54 Å². The molecule has 2 aromatic rings. The Morgan fingerprint density at radius 3 is 2.76 bits per heavy atom. The molecule has 0 bridgehead atoms. The van der Waals surface area contributed by atoms with Crippen molar-refractivity contribution in [1.29, 1.82) is 0 Å². The first-order valence-corrected chi connectivity index (χ1v) is 8.75. The third-order valence-electron chi connectivity index (χ3n) is 4.78. The molecule has 0 spiro atoms. The molecular weight excluding hydrogens is 312 g/mol. The van der Waals surface area contributed by atoms with Crippen molar-refractivity contribution >= 4 is 23.2 Å². The number of nitrogens with one attached hydrogen (secondary N) is 1. The zero-order valence-corrected chi connectivity index (χ0v) is 15.0. The smallest absolute Gasteiger partial charge is 0.229 e. The maximum absolute atomic E-state index is 12.6. The van der Waals surface area contributed by atoms with Gasteiger partial charge in [-0.2, -0.15) is 0 Å². The van der Waals surface area contributed by atoms with Gasteiger partial charge in [0.25, 0.3) is 0 Å². The fraction of sp³-hybridized carbons (Fsp3) is 0.333. The summed E-state index contributed by atoms with van der Waals surface area (Å²) in [4.78, 5) is 26.8. The third-order valence-corrected chi connectivity index (χ3v) is 4.78. The normalized spacial score (nSPS) is 17.0. The first-order chi connectivity index (χ1) is 12.0. The summed E-state index contributed by atoms with van der Waals surface area (Å²) >= 11 is 0. The maximum atomic E-state index is 12.6. The van der Waals surface area contributed by atoms with Crippen molar-refractivity contribution in [3.63, 3.8) is 0 Å². The number of carbonyl (C=O) groups is 2. The van der Waals surface area contributed by atoms with Gasteiger partial charge in [0.2, 0.25) is 11.8 Å². The molecular formula is C21H24N2O2. The number of benzene rings is 2. The molecule has 130 valence electrons. The highest BCUT2D eigenvalue weighted by atomic mass is 16.2. The Balaban J connectivity index is 1.73. The number of carbonyl (C=O) groups excluding carboxylic acids is 2. The lowest BCUT2D eigenvalue weighted by atomic mass is 10.1. The van der Waals surface area contributed by atoms with Gasteiger partial charge in [-0.25, -0.2) is 0 Å². The number of anilines is 2. The van der Waals surface area contributed by atoms with Crippen molar-refractivity contribution in [1.82, 2.24) is 0 Å². The van der Waals surface area contributed by atoms with E-state index in [1.807, 2.05) is 50.2 Å². The fourth-order valence-electron chi connectivity index (χ4n) is 3.18. The molecule has 1 saturated heterocycles. The first kappa shape index (κ1) is 17.2. The Labute approximate surface area is 148 Å². The van der Waals surface area contributed by atoms with Gasteiger partial charge >= 0.3 is 0 Å². The van der Waals surface area contributed by atoms with E-state index in [9.17, 15) is 9.59 Å². The molecule has 2 aromatic carbocycles. The molecule has 1 aliphatic heterocycles. The SMILES string of the molecule is CCc1cccc(N2C[C@H](C(=O)Nc3cc(C)ccc3C)CC2=O)c1. The van der Waals surface area contributed by atoms with Crippen LogP contribution in [0.2, 0.25) is 0 Å². The van der Waals surface area contributed by atoms with Crippen molar-refractivity contribution in [3.8, 4) is 0 Å². The number of aryl methyl sites for hydroxylation is 3. The van der Waals surface area contributed by atoms with Gasteiger partial charge in [0.05, 0.1) is 5.92 Å². The molecule has 1 N–H and O–H groups in total. The number of hydrogen-bond donors (Lipinski definition) is 1. The van der Waals surface area contributed by atoms with Crippen LogP contribution in [0.15, 0.2) is 42.5 Å². The molecule has 0 aromatic heterocycles. The Morgan fingerprint density at radius 2 is 2.00 bits per heavy atom. The minimum absolute atomic E-state index is 0.00867. The molecule has 2 amide bonds. The number of hydrogen-bond acceptors (Lipinski definition) is 2. The van der Waals surface area contributed by atoms with Gasteiger partial charge in [-0.3, -0.25) is 9.59 Å². The lowest BCUT2D eigenvalue weighted by Crippen LogP contribution is -2.28. The van der Waals surface area contributed by atoms with E-state index in [0.717, 1.165) is 28.9 Å². The minimum Gasteiger partial charge on any atom is -0.326 e. The summed E-state index contributed by atoms with van der Waals surface area (Å²) in [6.45, 7) is 6.49. The predicted octanol–water partition coefficient (Wildman–Crippen LogP) is 3.86. The van der Waals surface area contributed by atoms with E-state index in [2.05, 4.69) is 18.3 Å². The second-order valence-corrected chi connectivity index (χ2v) is 6.74. The summed E-state index contributed by atoms with van der Waals surface area (Å²) in [7, 11) is 0. The van der Waals surface area contributed by atoms with Crippen molar-refractivity contribution < 1.29 is 9.59 Å². The summed E-state index contributed by atoms with van der Waals surface area (Å²) in [5.41, 5.74) is 5.01. The van der Waals surface area contributed by atoms with Crippen molar-refractivity contribution in [3.05, 3.63) is 59.2 Å². The van der Waals surface area contributed by atoms with E-state index < -0.39 is 0 Å². The van der Waals surface area contributed by atoms with Crippen LogP contribution in [0.3, 0.4) is 0 Å². The molecule has 0 aliphatic carbocycles. The lowest BCUT2D eigenvalue weighted by molar-refractivity contribution is -0.122. The number of nitrogens with zero attached hydrogens (tertiary/aromatic N) is 1. The molecule has 4 nitrogen and oxygen atoms in total. The van der Waals surface area contributed by atoms with Gasteiger partial charge in [-0.05, 0) is 55.2 Å². The second-order valence-electron chi connectivity index (χ2n) is 6.74. The number of amides is 2. The van der Waals surface area contributed by atoms with Crippen LogP contribution >= 0.6 is 0 Å². The molecule has 3 rings (SSSR count). The molecule has 1 fully saturated rings. The highest BCUT2D eigenvalue weighted by molar-refractivity contribution is 6.03. The first-order valence-electron chi connectivity index (χ1n) is 8.75. The maximum Gasteiger partial charge on any atom is 0.229 e. The minimum atomic E-state index is -0.322. The Bertz CT molecular complexity index is 813. The van der Waals surface area contributed by atoms with Crippen LogP contribution in [-0.2, 0) is 16.0 Å². The van der Waals surface area contributed by atoms with Crippen LogP contribution in [0.1, 0.15) is 30.0 Å². The van der Waals surface area contributed by atoms with Crippen LogP contribution in [0.4, 0.5) is 11.4 Å². The van der Waals surface area contributed by atoms with E-state index in [4.69, 9.17) is 0 Å². The molecule has 0 radical (unpaired) electrons. The largest absolute Gasteiger partial charge is 0.326 e. The lowest BCUT2D eigenvalue weighted by Gasteiger charge is -2.18. The number of rotatable bonds is 4. The average Bonchev–Trinajstić information content (AvgIpc) is 3.00. The van der Waals surface area contributed by atoms with Crippen molar-refractivity contribution in [2.75, 3.05) is 16.8 Å². The molecule has 25 heavy (non-hydrogen) atoms. The quantitative estimate of drug-likeness (QED) is 0.922. The molecule has 1 atom stereocenters. The standard InChI is InChI=1S/C21H24N2O2/c1-4-16-6-5-7-18(11-16)23-13-17(12-20(23)24)21(25)22-19-10-14(2)8-9-15(19)3/h5-11,17H,4,12-13H2,1-3H3,(H,22,25)/t17-/m1/s1. The predicted molar refractivity (Wildman–Crippen MR) is 101 cm³/mol. The fourth-order valence-corrected chi connectivity index (χ4v) is 3.18.